The summed E-state index contributed by atoms with van der Waals surface area (Å²) in [5.41, 5.74) is 1.68. The van der Waals surface area contributed by atoms with E-state index in [0.29, 0.717) is 31.5 Å². The van der Waals surface area contributed by atoms with Crippen molar-refractivity contribution in [3.63, 3.8) is 0 Å². The molecule has 1 aliphatic heterocycles. The molecule has 2 aliphatic rings. The number of likely N-dealkylation sites (tertiary alicyclic amines) is 1. The molecule has 6 heteroatoms. The van der Waals surface area contributed by atoms with E-state index in [1.165, 1.54) is 12.1 Å². The van der Waals surface area contributed by atoms with E-state index in [2.05, 4.69) is 5.32 Å². The Balaban J connectivity index is 1.42. The number of nitrogens with zero attached hydrogens (tertiary/aromatic N) is 1. The molecule has 1 heterocycles. The molecule has 1 aliphatic carbocycles. The molecule has 1 saturated heterocycles. The van der Waals surface area contributed by atoms with Crippen molar-refractivity contribution in [3.05, 3.63) is 65.2 Å². The summed E-state index contributed by atoms with van der Waals surface area (Å²) >= 11 is 0. The van der Waals surface area contributed by atoms with Gasteiger partial charge in [0.15, 0.2) is 0 Å². The molecule has 0 aromatic heterocycles. The molecule has 2 aromatic carbocycles. The molecule has 28 heavy (non-hydrogen) atoms. The fourth-order valence-electron chi connectivity index (χ4n) is 4.74. The van der Waals surface area contributed by atoms with E-state index in [9.17, 15) is 18.0 Å². The number of carbonyl (C=O) groups excluding carboxylic acids is 1. The standard InChI is InChI=1S/C22H23F3N2O/c1-14-6-2-5-9-20(14)26-21(28)27-12-16-10-15(11-17(16)13-27)18-7-3-4-8-19(18)22(23,24)25/h2-9,15-17H,10-13H2,1H3,(H,26,28)/t15?,16-,17+. The number of para-hydroxylation sites is 1. The fraction of sp³-hybridized carbons (Fsp3) is 0.409. The van der Waals surface area contributed by atoms with Gasteiger partial charge in [0.05, 0.1) is 5.56 Å². The van der Waals surface area contributed by atoms with Crippen LogP contribution in [-0.2, 0) is 6.18 Å². The van der Waals surface area contributed by atoms with Gasteiger partial charge in [0.2, 0.25) is 0 Å². The molecule has 148 valence electrons. The highest BCUT2D eigenvalue weighted by atomic mass is 19.4. The topological polar surface area (TPSA) is 32.3 Å². The second kappa shape index (κ2) is 7.15. The van der Waals surface area contributed by atoms with Crippen LogP contribution in [-0.4, -0.2) is 24.0 Å². The lowest BCUT2D eigenvalue weighted by molar-refractivity contribution is -0.138. The Bertz CT molecular complexity index is 866. The molecular formula is C22H23F3N2O. The lowest BCUT2D eigenvalue weighted by Gasteiger charge is -2.22. The van der Waals surface area contributed by atoms with Gasteiger partial charge >= 0.3 is 12.2 Å². The second-order valence-electron chi connectivity index (χ2n) is 7.92. The predicted molar refractivity (Wildman–Crippen MR) is 102 cm³/mol. The number of halogens is 3. The van der Waals surface area contributed by atoms with Gasteiger partial charge in [-0.15, -0.1) is 0 Å². The average molecular weight is 388 g/mol. The van der Waals surface area contributed by atoms with Crippen molar-refractivity contribution < 1.29 is 18.0 Å². The molecule has 0 spiro atoms. The smallest absolute Gasteiger partial charge is 0.324 e. The van der Waals surface area contributed by atoms with Crippen molar-refractivity contribution in [2.45, 2.75) is 31.9 Å². The lowest BCUT2D eigenvalue weighted by atomic mass is 9.91. The number of amides is 2. The maximum atomic E-state index is 13.3. The van der Waals surface area contributed by atoms with Crippen molar-refractivity contribution in [1.29, 1.82) is 0 Å². The summed E-state index contributed by atoms with van der Waals surface area (Å²) in [6.45, 7) is 3.15. The molecule has 3 atom stereocenters. The van der Waals surface area contributed by atoms with E-state index in [1.54, 1.807) is 17.0 Å². The van der Waals surface area contributed by atoms with Crippen LogP contribution < -0.4 is 5.32 Å². The number of benzene rings is 2. The molecule has 4 rings (SSSR count). The van der Waals surface area contributed by atoms with Crippen LogP contribution in [0.4, 0.5) is 23.7 Å². The Hall–Kier alpha value is -2.50. The summed E-state index contributed by atoms with van der Waals surface area (Å²) in [6, 6.07) is 13.4. The molecule has 1 N–H and O–H groups in total. The first-order valence-corrected chi connectivity index (χ1v) is 9.60. The van der Waals surface area contributed by atoms with Crippen molar-refractivity contribution in [2.24, 2.45) is 11.8 Å². The van der Waals surface area contributed by atoms with Gasteiger partial charge in [-0.05, 0) is 60.8 Å². The monoisotopic (exact) mass is 388 g/mol. The van der Waals surface area contributed by atoms with E-state index in [4.69, 9.17) is 0 Å². The Morgan fingerprint density at radius 1 is 1.00 bits per heavy atom. The van der Waals surface area contributed by atoms with Crippen molar-refractivity contribution in [2.75, 3.05) is 18.4 Å². The Kier molecular flexibility index (Phi) is 4.81. The summed E-state index contributed by atoms with van der Waals surface area (Å²) in [4.78, 5) is 14.4. The van der Waals surface area contributed by atoms with E-state index >= 15 is 0 Å². The van der Waals surface area contributed by atoms with Crippen LogP contribution in [0.3, 0.4) is 0 Å². The maximum absolute atomic E-state index is 13.3. The Morgan fingerprint density at radius 3 is 2.25 bits per heavy atom. The molecule has 1 unspecified atom stereocenters. The first-order valence-electron chi connectivity index (χ1n) is 9.60. The van der Waals surface area contributed by atoms with Crippen LogP contribution in [0, 0.1) is 18.8 Å². The Morgan fingerprint density at radius 2 is 1.61 bits per heavy atom. The van der Waals surface area contributed by atoms with Crippen LogP contribution in [0.15, 0.2) is 48.5 Å². The highest BCUT2D eigenvalue weighted by Gasteiger charge is 2.45. The minimum absolute atomic E-state index is 0.0885. The minimum atomic E-state index is -4.33. The summed E-state index contributed by atoms with van der Waals surface area (Å²) in [5, 5.41) is 2.95. The number of hydrogen-bond donors (Lipinski definition) is 1. The van der Waals surface area contributed by atoms with Crippen LogP contribution >= 0.6 is 0 Å². The summed E-state index contributed by atoms with van der Waals surface area (Å²) in [7, 11) is 0. The van der Waals surface area contributed by atoms with E-state index < -0.39 is 11.7 Å². The second-order valence-corrected chi connectivity index (χ2v) is 7.92. The van der Waals surface area contributed by atoms with Crippen LogP contribution in [0.5, 0.6) is 0 Å². The largest absolute Gasteiger partial charge is 0.416 e. The summed E-state index contributed by atoms with van der Waals surface area (Å²) in [6.07, 6.45) is -2.93. The number of fused-ring (bicyclic) bond motifs is 1. The van der Waals surface area contributed by atoms with Crippen molar-refractivity contribution in [3.8, 4) is 0 Å². The quantitative estimate of drug-likeness (QED) is 0.706. The number of urea groups is 1. The van der Waals surface area contributed by atoms with Gasteiger partial charge in [0.25, 0.3) is 0 Å². The summed E-state index contributed by atoms with van der Waals surface area (Å²) in [5.74, 6) is 0.428. The van der Waals surface area contributed by atoms with Gasteiger partial charge in [-0.3, -0.25) is 0 Å². The molecule has 3 nitrogen and oxygen atoms in total. The maximum Gasteiger partial charge on any atom is 0.416 e. The molecule has 2 fully saturated rings. The zero-order valence-corrected chi connectivity index (χ0v) is 15.7. The number of rotatable bonds is 2. The third-order valence-corrected chi connectivity index (χ3v) is 6.13. The van der Waals surface area contributed by atoms with Crippen LogP contribution in [0.2, 0.25) is 0 Å². The molecule has 2 amide bonds. The molecule has 0 radical (unpaired) electrons. The number of hydrogen-bond acceptors (Lipinski definition) is 1. The van der Waals surface area contributed by atoms with Gasteiger partial charge in [-0.2, -0.15) is 13.2 Å². The minimum Gasteiger partial charge on any atom is -0.324 e. The number of aryl methyl sites for hydroxylation is 1. The number of alkyl halides is 3. The average Bonchev–Trinajstić information content (AvgIpc) is 3.22. The first-order chi connectivity index (χ1) is 13.3. The van der Waals surface area contributed by atoms with Gasteiger partial charge in [-0.1, -0.05) is 36.4 Å². The number of anilines is 1. The van der Waals surface area contributed by atoms with E-state index in [-0.39, 0.29) is 23.8 Å². The third-order valence-electron chi connectivity index (χ3n) is 6.13. The highest BCUT2D eigenvalue weighted by molar-refractivity contribution is 5.90. The van der Waals surface area contributed by atoms with Gasteiger partial charge < -0.3 is 10.2 Å². The third kappa shape index (κ3) is 3.60. The molecule has 1 saturated carbocycles. The first kappa shape index (κ1) is 18.8. The molecule has 0 bridgehead atoms. The van der Waals surface area contributed by atoms with E-state index in [1.807, 2.05) is 31.2 Å². The predicted octanol–water partition coefficient (Wildman–Crippen LogP) is 5.67. The number of nitrogens with one attached hydrogen (secondary N) is 1. The zero-order valence-electron chi connectivity index (χ0n) is 15.7. The normalized spacial score (nSPS) is 24.3. The molecular weight excluding hydrogens is 365 g/mol. The van der Waals surface area contributed by atoms with Crippen LogP contribution in [0.1, 0.15) is 35.4 Å². The van der Waals surface area contributed by atoms with Crippen LogP contribution in [0.25, 0.3) is 0 Å². The Labute approximate surface area is 162 Å². The van der Waals surface area contributed by atoms with Gasteiger partial charge in [-0.25, -0.2) is 4.79 Å². The van der Waals surface area contributed by atoms with Gasteiger partial charge in [0.1, 0.15) is 0 Å². The SMILES string of the molecule is Cc1ccccc1NC(=O)N1C[C@H]2CC(c3ccccc3C(F)(F)F)C[C@H]2C1. The van der Waals surface area contributed by atoms with Crippen molar-refractivity contribution >= 4 is 11.7 Å². The zero-order chi connectivity index (χ0) is 19.9. The van der Waals surface area contributed by atoms with Gasteiger partial charge in [0, 0.05) is 18.8 Å². The van der Waals surface area contributed by atoms with E-state index in [0.717, 1.165) is 11.3 Å². The number of carbonyl (C=O) groups is 1. The fourth-order valence-corrected chi connectivity index (χ4v) is 4.74. The molecule has 2 aromatic rings. The highest BCUT2D eigenvalue weighted by Crippen LogP contribution is 2.48. The van der Waals surface area contributed by atoms with Crippen molar-refractivity contribution in [1.82, 2.24) is 4.90 Å². The summed E-state index contributed by atoms with van der Waals surface area (Å²) < 4.78 is 40.0. The lowest BCUT2D eigenvalue weighted by Crippen LogP contribution is -2.34.